The molecule has 306 valence electrons. The van der Waals surface area contributed by atoms with Crippen molar-refractivity contribution in [1.82, 2.24) is 0 Å². The second-order valence-electron chi connectivity index (χ2n) is 13.2. The van der Waals surface area contributed by atoms with Gasteiger partial charge in [0.15, 0.2) is 0 Å². The first-order valence-corrected chi connectivity index (χ1v) is 21.1. The Morgan fingerprint density at radius 3 is 0.824 bits per heavy atom. The third-order valence-corrected chi connectivity index (χ3v) is 8.47. The fourth-order valence-electron chi connectivity index (χ4n) is 5.38. The molecule has 0 N–H and O–H groups in total. The Morgan fingerprint density at radius 2 is 0.510 bits per heavy atom. The lowest BCUT2D eigenvalue weighted by Crippen LogP contribution is -2.15. The maximum atomic E-state index is 11.8. The van der Waals surface area contributed by atoms with Gasteiger partial charge in [-0.2, -0.15) is 0 Å². The van der Waals surface area contributed by atoms with Crippen LogP contribution < -0.4 is 0 Å². The molecule has 0 fully saturated rings. The molecule has 0 aromatic carbocycles. The molecule has 0 bridgehead atoms. The predicted octanol–water partition coefficient (Wildman–Crippen LogP) is 8.89. The van der Waals surface area contributed by atoms with Crippen molar-refractivity contribution in [2.24, 2.45) is 0 Å². The summed E-state index contributed by atoms with van der Waals surface area (Å²) in [5, 5.41) is 0. The van der Waals surface area contributed by atoms with Crippen molar-refractivity contribution in [1.29, 1.82) is 0 Å². The Balaban J connectivity index is 3.10. The van der Waals surface area contributed by atoms with Gasteiger partial charge in [0.05, 0.1) is 99.1 Å². The minimum atomic E-state index is -0.130. The largest absolute Gasteiger partial charge is 0.463 e. The van der Waals surface area contributed by atoms with Gasteiger partial charge in [-0.05, 0) is 12.8 Å². The monoisotopic (exact) mass is 735 g/mol. The van der Waals surface area contributed by atoms with Gasteiger partial charge in [-0.15, -0.1) is 0 Å². The Kier molecular flexibility index (Phi) is 46.4. The highest BCUT2D eigenvalue weighted by Gasteiger charge is 2.03. The molecule has 0 amide bonds. The summed E-state index contributed by atoms with van der Waals surface area (Å²) in [6.07, 6.45) is 26.5. The Bertz CT molecular complexity index is 640. The van der Waals surface area contributed by atoms with Gasteiger partial charge in [-0.3, -0.25) is 4.79 Å². The summed E-state index contributed by atoms with van der Waals surface area (Å²) in [6.45, 7) is 13.5. The number of hydrogen-bond donors (Lipinski definition) is 0. The predicted molar refractivity (Wildman–Crippen MR) is 206 cm³/mol. The summed E-state index contributed by atoms with van der Waals surface area (Å²) in [6, 6.07) is 0. The zero-order chi connectivity index (χ0) is 36.8. The van der Waals surface area contributed by atoms with Gasteiger partial charge < -0.3 is 42.6 Å². The molecule has 0 atom stereocenters. The molecule has 10 nitrogen and oxygen atoms in total. The van der Waals surface area contributed by atoms with Crippen molar-refractivity contribution >= 4 is 5.97 Å². The summed E-state index contributed by atoms with van der Waals surface area (Å²) in [4.78, 5) is 11.8. The summed E-state index contributed by atoms with van der Waals surface area (Å²) < 4.78 is 49.5. The van der Waals surface area contributed by atoms with Crippen LogP contribution in [0, 0.1) is 0 Å². The Labute approximate surface area is 314 Å². The van der Waals surface area contributed by atoms with Crippen LogP contribution in [0.4, 0.5) is 0 Å². The summed E-state index contributed by atoms with van der Waals surface area (Å²) >= 11 is 0. The standard InChI is InChI=1S/C41H82O10/c1-3-5-7-9-11-13-14-16-18-20-22-24-43-25-26-44-27-28-45-29-30-46-31-32-47-33-34-48-35-36-49-37-38-50-39-40-51-41(42)23-21-19-17-15-12-10-8-6-4-2/h3-40H2,1-2H3. The quantitative estimate of drug-likeness (QED) is 0.0445. The Hall–Kier alpha value is -0.850. The second-order valence-corrected chi connectivity index (χ2v) is 13.2. The number of ether oxygens (including phenoxy) is 9. The van der Waals surface area contributed by atoms with Crippen LogP contribution in [-0.2, 0) is 47.4 Å². The topological polar surface area (TPSA) is 100 Å². The molecule has 0 rings (SSSR count). The lowest BCUT2D eigenvalue weighted by atomic mass is 10.1. The first kappa shape index (κ1) is 50.1. The third kappa shape index (κ3) is 47.1. The van der Waals surface area contributed by atoms with Crippen molar-refractivity contribution in [3.05, 3.63) is 0 Å². The SMILES string of the molecule is CCCCCCCCCCCCCOCCOCCOCCOCCOCCOCCOCCOCCOC(=O)CCCCCCCCCCC. The van der Waals surface area contributed by atoms with E-state index in [0.29, 0.717) is 112 Å². The highest BCUT2D eigenvalue weighted by molar-refractivity contribution is 5.69. The molecule has 0 aliphatic carbocycles. The van der Waals surface area contributed by atoms with Crippen molar-refractivity contribution in [3.8, 4) is 0 Å². The van der Waals surface area contributed by atoms with Crippen LogP contribution >= 0.6 is 0 Å². The zero-order valence-electron chi connectivity index (χ0n) is 33.5. The molecule has 0 unspecified atom stereocenters. The molecule has 0 radical (unpaired) electrons. The van der Waals surface area contributed by atoms with Gasteiger partial charge in [0.25, 0.3) is 0 Å². The van der Waals surface area contributed by atoms with Gasteiger partial charge in [0, 0.05) is 13.0 Å². The van der Waals surface area contributed by atoms with Crippen molar-refractivity contribution in [2.75, 3.05) is 112 Å². The zero-order valence-corrected chi connectivity index (χ0v) is 33.5. The molecule has 0 aromatic rings. The lowest BCUT2D eigenvalue weighted by molar-refractivity contribution is -0.145. The van der Waals surface area contributed by atoms with Crippen LogP contribution in [0.2, 0.25) is 0 Å². The summed E-state index contributed by atoms with van der Waals surface area (Å²) in [5.74, 6) is -0.130. The van der Waals surface area contributed by atoms with Crippen molar-refractivity contribution in [3.63, 3.8) is 0 Å². The molecule has 51 heavy (non-hydrogen) atoms. The van der Waals surface area contributed by atoms with E-state index in [9.17, 15) is 4.79 Å². The molecule has 0 aliphatic heterocycles. The molecular weight excluding hydrogens is 652 g/mol. The Morgan fingerprint density at radius 1 is 0.275 bits per heavy atom. The van der Waals surface area contributed by atoms with Gasteiger partial charge >= 0.3 is 5.97 Å². The van der Waals surface area contributed by atoms with E-state index >= 15 is 0 Å². The minimum absolute atomic E-state index is 0.130. The molecule has 0 aliphatic rings. The maximum Gasteiger partial charge on any atom is 0.305 e. The summed E-state index contributed by atoms with van der Waals surface area (Å²) in [5.41, 5.74) is 0. The van der Waals surface area contributed by atoms with E-state index in [-0.39, 0.29) is 5.97 Å². The molecule has 0 heterocycles. The second kappa shape index (κ2) is 47.2. The van der Waals surface area contributed by atoms with E-state index in [0.717, 1.165) is 25.9 Å². The van der Waals surface area contributed by atoms with E-state index in [4.69, 9.17) is 42.6 Å². The fraction of sp³-hybridized carbons (Fsp3) is 0.976. The van der Waals surface area contributed by atoms with E-state index < -0.39 is 0 Å². The van der Waals surface area contributed by atoms with Crippen LogP contribution in [0.15, 0.2) is 0 Å². The normalized spacial score (nSPS) is 11.5. The van der Waals surface area contributed by atoms with E-state index in [1.807, 2.05) is 0 Å². The fourth-order valence-corrected chi connectivity index (χ4v) is 5.38. The number of carbonyl (C=O) groups is 1. The molecule has 0 aromatic heterocycles. The number of unbranched alkanes of at least 4 members (excludes halogenated alkanes) is 18. The van der Waals surface area contributed by atoms with Crippen LogP contribution in [0.25, 0.3) is 0 Å². The van der Waals surface area contributed by atoms with E-state index in [2.05, 4.69) is 13.8 Å². The smallest absolute Gasteiger partial charge is 0.305 e. The van der Waals surface area contributed by atoms with Gasteiger partial charge in [0.1, 0.15) is 6.61 Å². The van der Waals surface area contributed by atoms with Gasteiger partial charge in [-0.1, -0.05) is 129 Å². The molecule has 0 saturated heterocycles. The van der Waals surface area contributed by atoms with Crippen LogP contribution in [0.1, 0.15) is 149 Å². The lowest BCUT2D eigenvalue weighted by Gasteiger charge is -2.09. The number of esters is 1. The van der Waals surface area contributed by atoms with Crippen molar-refractivity contribution in [2.45, 2.75) is 149 Å². The minimum Gasteiger partial charge on any atom is -0.463 e. The summed E-state index contributed by atoms with van der Waals surface area (Å²) in [7, 11) is 0. The van der Waals surface area contributed by atoms with Crippen LogP contribution in [-0.4, -0.2) is 118 Å². The molecule has 0 spiro atoms. The third-order valence-electron chi connectivity index (χ3n) is 8.47. The van der Waals surface area contributed by atoms with Crippen molar-refractivity contribution < 1.29 is 47.4 Å². The molecular formula is C41H82O10. The molecule has 0 saturated carbocycles. The van der Waals surface area contributed by atoms with Crippen LogP contribution in [0.3, 0.4) is 0 Å². The van der Waals surface area contributed by atoms with E-state index in [1.165, 1.54) is 109 Å². The highest BCUT2D eigenvalue weighted by Crippen LogP contribution is 2.12. The molecule has 10 heteroatoms. The maximum absolute atomic E-state index is 11.8. The van der Waals surface area contributed by atoms with Crippen LogP contribution in [0.5, 0.6) is 0 Å². The first-order chi connectivity index (χ1) is 25.3. The number of rotatable bonds is 46. The number of carbonyl (C=O) groups excluding carboxylic acids is 1. The first-order valence-electron chi connectivity index (χ1n) is 21.1. The highest BCUT2D eigenvalue weighted by atomic mass is 16.6. The van der Waals surface area contributed by atoms with Gasteiger partial charge in [-0.25, -0.2) is 0 Å². The average Bonchev–Trinajstić information content (AvgIpc) is 3.14. The average molecular weight is 735 g/mol. The number of hydrogen-bond acceptors (Lipinski definition) is 10. The van der Waals surface area contributed by atoms with E-state index in [1.54, 1.807) is 0 Å². The van der Waals surface area contributed by atoms with Gasteiger partial charge in [0.2, 0.25) is 0 Å².